The molecule has 29 heavy (non-hydrogen) atoms. The van der Waals surface area contributed by atoms with E-state index in [9.17, 15) is 13.2 Å². The van der Waals surface area contributed by atoms with Crippen molar-refractivity contribution in [2.75, 3.05) is 5.32 Å². The lowest BCUT2D eigenvalue weighted by atomic mass is 10.1. The zero-order chi connectivity index (χ0) is 20.9. The summed E-state index contributed by atoms with van der Waals surface area (Å²) in [5, 5.41) is 3.09. The second-order valence-electron chi connectivity index (χ2n) is 6.65. The van der Waals surface area contributed by atoms with Crippen LogP contribution in [-0.2, 0) is 21.2 Å². The van der Waals surface area contributed by atoms with Crippen molar-refractivity contribution in [2.24, 2.45) is 0 Å². The number of rotatable bonds is 7. The summed E-state index contributed by atoms with van der Waals surface area (Å²) >= 11 is 6.12. The Kier molecular flexibility index (Phi) is 6.69. The number of para-hydroxylation sites is 1. The molecule has 0 unspecified atom stereocenters. The SMILES string of the molecule is Cc1ccc(S(=O)(=O)N[C@H](Cc2ccccc2)C(=O)Nc2ccccc2Cl)cc1. The molecule has 3 aromatic carbocycles. The van der Waals surface area contributed by atoms with Gasteiger partial charge in [0, 0.05) is 0 Å². The smallest absolute Gasteiger partial charge is 0.242 e. The number of halogens is 1. The number of aryl methyl sites for hydroxylation is 1. The number of anilines is 1. The first-order chi connectivity index (χ1) is 13.8. The summed E-state index contributed by atoms with van der Waals surface area (Å²) in [6.07, 6.45) is 0.197. The number of amides is 1. The molecule has 3 rings (SSSR count). The first kappa shape index (κ1) is 21.0. The fraction of sp³-hybridized carbons (Fsp3) is 0.136. The van der Waals surface area contributed by atoms with Crippen molar-refractivity contribution >= 4 is 33.2 Å². The molecule has 0 radical (unpaired) electrons. The Balaban J connectivity index is 1.87. The number of carbonyl (C=O) groups excluding carboxylic acids is 1. The van der Waals surface area contributed by atoms with Crippen LogP contribution in [0.1, 0.15) is 11.1 Å². The van der Waals surface area contributed by atoms with Gasteiger partial charge < -0.3 is 5.32 Å². The predicted octanol–water partition coefficient (Wildman–Crippen LogP) is 4.18. The van der Waals surface area contributed by atoms with Crippen LogP contribution in [-0.4, -0.2) is 20.4 Å². The van der Waals surface area contributed by atoms with Crippen LogP contribution < -0.4 is 10.0 Å². The van der Waals surface area contributed by atoms with Crippen molar-refractivity contribution in [1.82, 2.24) is 4.72 Å². The van der Waals surface area contributed by atoms with Gasteiger partial charge in [0.1, 0.15) is 6.04 Å². The van der Waals surface area contributed by atoms with Crippen molar-refractivity contribution in [3.8, 4) is 0 Å². The van der Waals surface area contributed by atoms with E-state index in [1.165, 1.54) is 12.1 Å². The minimum absolute atomic E-state index is 0.103. The van der Waals surface area contributed by atoms with Crippen molar-refractivity contribution in [2.45, 2.75) is 24.3 Å². The van der Waals surface area contributed by atoms with Crippen molar-refractivity contribution in [3.63, 3.8) is 0 Å². The van der Waals surface area contributed by atoms with Gasteiger partial charge in [-0.25, -0.2) is 8.42 Å². The molecule has 2 N–H and O–H groups in total. The second-order valence-corrected chi connectivity index (χ2v) is 8.77. The number of hydrogen-bond donors (Lipinski definition) is 2. The third-order valence-electron chi connectivity index (χ3n) is 4.36. The van der Waals surface area contributed by atoms with Crippen LogP contribution in [0.5, 0.6) is 0 Å². The van der Waals surface area contributed by atoms with Gasteiger partial charge in [-0.15, -0.1) is 0 Å². The second kappa shape index (κ2) is 9.22. The highest BCUT2D eigenvalue weighted by Gasteiger charge is 2.26. The number of carbonyl (C=O) groups is 1. The molecule has 0 aliphatic carbocycles. The van der Waals surface area contributed by atoms with Crippen LogP contribution in [0.2, 0.25) is 5.02 Å². The highest BCUT2D eigenvalue weighted by molar-refractivity contribution is 7.89. The number of benzene rings is 3. The lowest BCUT2D eigenvalue weighted by molar-refractivity contribution is -0.117. The molecule has 1 atom stereocenters. The summed E-state index contributed by atoms with van der Waals surface area (Å²) in [6, 6.07) is 21.5. The maximum Gasteiger partial charge on any atom is 0.242 e. The summed E-state index contributed by atoms with van der Waals surface area (Å²) in [5.74, 6) is -0.488. The number of sulfonamides is 1. The van der Waals surface area contributed by atoms with Crippen LogP contribution in [0.15, 0.2) is 83.8 Å². The molecule has 0 fully saturated rings. The van der Waals surface area contributed by atoms with E-state index in [2.05, 4.69) is 10.0 Å². The maximum absolute atomic E-state index is 12.9. The fourth-order valence-corrected chi connectivity index (χ4v) is 4.17. The summed E-state index contributed by atoms with van der Waals surface area (Å²) < 4.78 is 28.2. The van der Waals surface area contributed by atoms with Gasteiger partial charge in [0.15, 0.2) is 0 Å². The minimum atomic E-state index is -3.89. The zero-order valence-corrected chi connectivity index (χ0v) is 17.4. The Morgan fingerprint density at radius 2 is 1.55 bits per heavy atom. The first-order valence-corrected chi connectivity index (χ1v) is 10.9. The first-order valence-electron chi connectivity index (χ1n) is 9.03. The molecule has 0 saturated heterocycles. The van der Waals surface area contributed by atoms with Crippen LogP contribution in [0, 0.1) is 6.92 Å². The van der Waals surface area contributed by atoms with E-state index in [1.807, 2.05) is 37.3 Å². The molecule has 0 bridgehead atoms. The van der Waals surface area contributed by atoms with E-state index < -0.39 is 22.0 Å². The van der Waals surface area contributed by atoms with E-state index in [0.717, 1.165) is 11.1 Å². The maximum atomic E-state index is 12.9. The average Bonchev–Trinajstić information content (AvgIpc) is 2.70. The summed E-state index contributed by atoms with van der Waals surface area (Å²) in [6.45, 7) is 1.87. The standard InChI is InChI=1S/C22H21ClN2O3S/c1-16-11-13-18(14-12-16)29(27,28)25-21(15-17-7-3-2-4-8-17)22(26)24-20-10-6-5-9-19(20)23/h2-14,21,25H,15H2,1H3,(H,24,26)/t21-/m1/s1. The van der Waals surface area contributed by atoms with E-state index >= 15 is 0 Å². The molecule has 0 spiro atoms. The van der Waals surface area contributed by atoms with E-state index in [4.69, 9.17) is 11.6 Å². The fourth-order valence-electron chi connectivity index (χ4n) is 2.79. The molecule has 150 valence electrons. The van der Waals surface area contributed by atoms with Crippen LogP contribution >= 0.6 is 11.6 Å². The number of hydrogen-bond acceptors (Lipinski definition) is 3. The van der Waals surface area contributed by atoms with Crippen molar-refractivity contribution in [3.05, 3.63) is 95.0 Å². The molecular weight excluding hydrogens is 408 g/mol. The predicted molar refractivity (Wildman–Crippen MR) is 116 cm³/mol. The Labute approximate surface area is 175 Å². The summed E-state index contributed by atoms with van der Waals surface area (Å²) in [4.78, 5) is 13.0. The molecular formula is C22H21ClN2O3S. The molecule has 5 nitrogen and oxygen atoms in total. The highest BCUT2D eigenvalue weighted by atomic mass is 35.5. The molecule has 1 amide bonds. The van der Waals surface area contributed by atoms with E-state index in [0.29, 0.717) is 10.7 Å². The summed E-state index contributed by atoms with van der Waals surface area (Å²) in [5.41, 5.74) is 2.20. The molecule has 0 heterocycles. The Morgan fingerprint density at radius 3 is 2.21 bits per heavy atom. The van der Waals surface area contributed by atoms with Gasteiger partial charge in [0.2, 0.25) is 15.9 Å². The lowest BCUT2D eigenvalue weighted by Crippen LogP contribution is -2.45. The topological polar surface area (TPSA) is 75.3 Å². The van der Waals surface area contributed by atoms with Crippen LogP contribution in [0.3, 0.4) is 0 Å². The van der Waals surface area contributed by atoms with Gasteiger partial charge >= 0.3 is 0 Å². The van der Waals surface area contributed by atoms with Gasteiger partial charge in [-0.1, -0.05) is 71.8 Å². The van der Waals surface area contributed by atoms with Crippen molar-refractivity contribution < 1.29 is 13.2 Å². The lowest BCUT2D eigenvalue weighted by Gasteiger charge is -2.19. The van der Waals surface area contributed by atoms with Crippen LogP contribution in [0.25, 0.3) is 0 Å². The Hall–Kier alpha value is -2.67. The van der Waals surface area contributed by atoms with Gasteiger partial charge in [0.05, 0.1) is 15.6 Å². The van der Waals surface area contributed by atoms with Gasteiger partial charge in [-0.3, -0.25) is 4.79 Å². The minimum Gasteiger partial charge on any atom is -0.323 e. The highest BCUT2D eigenvalue weighted by Crippen LogP contribution is 2.21. The zero-order valence-electron chi connectivity index (χ0n) is 15.8. The molecule has 0 aliphatic rings. The molecule has 7 heteroatoms. The Morgan fingerprint density at radius 1 is 0.931 bits per heavy atom. The summed E-state index contributed by atoms with van der Waals surface area (Å²) in [7, 11) is -3.89. The largest absolute Gasteiger partial charge is 0.323 e. The van der Waals surface area contributed by atoms with E-state index in [-0.39, 0.29) is 11.3 Å². The third kappa shape index (κ3) is 5.67. The van der Waals surface area contributed by atoms with E-state index in [1.54, 1.807) is 36.4 Å². The molecule has 0 aromatic heterocycles. The molecule has 3 aromatic rings. The van der Waals surface area contributed by atoms with Gasteiger partial charge in [-0.05, 0) is 43.2 Å². The number of nitrogens with one attached hydrogen (secondary N) is 2. The quantitative estimate of drug-likeness (QED) is 0.592. The monoisotopic (exact) mass is 428 g/mol. The molecule has 0 aliphatic heterocycles. The van der Waals surface area contributed by atoms with Crippen LogP contribution in [0.4, 0.5) is 5.69 Å². The van der Waals surface area contributed by atoms with Gasteiger partial charge in [0.25, 0.3) is 0 Å². The van der Waals surface area contributed by atoms with Crippen molar-refractivity contribution in [1.29, 1.82) is 0 Å². The normalized spacial score (nSPS) is 12.3. The van der Waals surface area contributed by atoms with Gasteiger partial charge in [-0.2, -0.15) is 4.72 Å². The third-order valence-corrected chi connectivity index (χ3v) is 6.18. The molecule has 0 saturated carbocycles. The Bertz CT molecular complexity index is 1080. The average molecular weight is 429 g/mol.